The average Bonchev–Trinajstić information content (AvgIpc) is 1.83. The fraction of sp³-hybridized carbons (Fsp3) is 0.500. The Morgan fingerprint density at radius 1 is 1.78 bits per heavy atom. The molecule has 1 rings (SSSR count). The number of hydrogen-bond acceptors (Lipinski definition) is 3. The Labute approximate surface area is 52.9 Å². The van der Waals surface area contributed by atoms with Crippen molar-refractivity contribution in [2.24, 2.45) is 0 Å². The zero-order chi connectivity index (χ0) is 6.85. The van der Waals surface area contributed by atoms with Gasteiger partial charge in [0.2, 0.25) is 0 Å². The molecule has 0 fully saturated rings. The number of rotatable bonds is 0. The fourth-order valence-corrected chi connectivity index (χ4v) is 0.635. The molecule has 0 amide bonds. The highest BCUT2D eigenvalue weighted by molar-refractivity contribution is 5.94. The van der Waals surface area contributed by atoms with Crippen LogP contribution in [-0.4, -0.2) is 23.1 Å². The van der Waals surface area contributed by atoms with Gasteiger partial charge in [-0.3, -0.25) is 4.79 Å². The molecule has 50 valence electrons. The lowest BCUT2D eigenvalue weighted by Crippen LogP contribution is -2.34. The lowest BCUT2D eigenvalue weighted by Gasteiger charge is -2.19. The third-order valence-corrected chi connectivity index (χ3v) is 1.26. The summed E-state index contributed by atoms with van der Waals surface area (Å²) in [5, 5.41) is 8.92. The summed E-state index contributed by atoms with van der Waals surface area (Å²) in [5.74, 6) is -0.284. The molecule has 0 radical (unpaired) electrons. The predicted molar refractivity (Wildman–Crippen MR) is 30.7 cm³/mol. The standard InChI is InChI=1S/C6H8O3/c1-4-6(8)5(7)2-3-9-4/h2-4,6,8H,1H3/t4-,6-/m0/s1. The summed E-state index contributed by atoms with van der Waals surface area (Å²) in [6.45, 7) is 1.64. The number of ketones is 1. The summed E-state index contributed by atoms with van der Waals surface area (Å²) < 4.78 is 4.81. The van der Waals surface area contributed by atoms with E-state index in [2.05, 4.69) is 0 Å². The molecule has 1 aliphatic rings. The van der Waals surface area contributed by atoms with Crippen LogP contribution in [0.3, 0.4) is 0 Å². The van der Waals surface area contributed by atoms with Crippen LogP contribution in [0.25, 0.3) is 0 Å². The predicted octanol–water partition coefficient (Wildman–Crippen LogP) is -0.151. The van der Waals surface area contributed by atoms with Gasteiger partial charge in [-0.25, -0.2) is 0 Å². The van der Waals surface area contributed by atoms with E-state index in [0.29, 0.717) is 0 Å². The molecule has 0 unspecified atom stereocenters. The van der Waals surface area contributed by atoms with Gasteiger partial charge >= 0.3 is 0 Å². The van der Waals surface area contributed by atoms with Crippen molar-refractivity contribution in [1.29, 1.82) is 0 Å². The number of ether oxygens (including phenoxy) is 1. The molecule has 0 aromatic rings. The molecular formula is C6H8O3. The maximum Gasteiger partial charge on any atom is 0.190 e. The van der Waals surface area contributed by atoms with Gasteiger partial charge in [-0.15, -0.1) is 0 Å². The maximum absolute atomic E-state index is 10.6. The van der Waals surface area contributed by atoms with E-state index < -0.39 is 12.2 Å². The minimum Gasteiger partial charge on any atom is -0.495 e. The van der Waals surface area contributed by atoms with E-state index in [-0.39, 0.29) is 5.78 Å². The van der Waals surface area contributed by atoms with Crippen LogP contribution >= 0.6 is 0 Å². The van der Waals surface area contributed by atoms with Gasteiger partial charge < -0.3 is 9.84 Å². The van der Waals surface area contributed by atoms with Crippen LogP contribution in [0.5, 0.6) is 0 Å². The van der Waals surface area contributed by atoms with Crippen LogP contribution in [0.15, 0.2) is 12.3 Å². The van der Waals surface area contributed by atoms with E-state index in [0.717, 1.165) is 0 Å². The van der Waals surface area contributed by atoms with Crippen molar-refractivity contribution in [2.45, 2.75) is 19.1 Å². The minimum atomic E-state index is -0.977. The molecule has 3 nitrogen and oxygen atoms in total. The Balaban J connectivity index is 2.69. The average molecular weight is 128 g/mol. The first-order valence-electron chi connectivity index (χ1n) is 2.76. The fourth-order valence-electron chi connectivity index (χ4n) is 0.635. The molecule has 0 aromatic heterocycles. The summed E-state index contributed by atoms with van der Waals surface area (Å²) in [6.07, 6.45) is 1.15. The molecule has 1 aliphatic heterocycles. The van der Waals surface area contributed by atoms with Crippen LogP contribution < -0.4 is 0 Å². The van der Waals surface area contributed by atoms with Crippen molar-refractivity contribution in [3.05, 3.63) is 12.3 Å². The molecule has 9 heavy (non-hydrogen) atoms. The summed E-state index contributed by atoms with van der Waals surface area (Å²) in [5.41, 5.74) is 0. The molecule has 0 bridgehead atoms. The first-order valence-corrected chi connectivity index (χ1v) is 2.76. The summed E-state index contributed by atoms with van der Waals surface area (Å²) in [6, 6.07) is 0. The van der Waals surface area contributed by atoms with Crippen molar-refractivity contribution in [3.63, 3.8) is 0 Å². The van der Waals surface area contributed by atoms with Gasteiger partial charge in [-0.1, -0.05) is 0 Å². The summed E-state index contributed by atoms with van der Waals surface area (Å²) in [7, 11) is 0. The van der Waals surface area contributed by atoms with Crippen molar-refractivity contribution < 1.29 is 14.6 Å². The Bertz CT molecular complexity index is 150. The molecule has 3 heteroatoms. The number of aliphatic hydroxyl groups excluding tert-OH is 1. The van der Waals surface area contributed by atoms with Gasteiger partial charge in [0.25, 0.3) is 0 Å². The minimum absolute atomic E-state index is 0.284. The smallest absolute Gasteiger partial charge is 0.190 e. The Hall–Kier alpha value is -0.830. The van der Waals surface area contributed by atoms with E-state index in [1.54, 1.807) is 6.92 Å². The van der Waals surface area contributed by atoms with Crippen molar-refractivity contribution in [3.8, 4) is 0 Å². The van der Waals surface area contributed by atoms with Crippen molar-refractivity contribution in [2.75, 3.05) is 0 Å². The zero-order valence-corrected chi connectivity index (χ0v) is 5.07. The molecule has 0 spiro atoms. The normalized spacial score (nSPS) is 34.2. The second-order valence-corrected chi connectivity index (χ2v) is 1.99. The van der Waals surface area contributed by atoms with Crippen LogP contribution in [0.2, 0.25) is 0 Å². The summed E-state index contributed by atoms with van der Waals surface area (Å²) in [4.78, 5) is 10.6. The largest absolute Gasteiger partial charge is 0.495 e. The molecule has 0 aliphatic carbocycles. The second-order valence-electron chi connectivity index (χ2n) is 1.99. The van der Waals surface area contributed by atoms with Crippen molar-refractivity contribution >= 4 is 5.78 Å². The molecule has 0 aromatic carbocycles. The molecule has 2 atom stereocenters. The topological polar surface area (TPSA) is 46.5 Å². The molecule has 0 saturated carbocycles. The van der Waals surface area contributed by atoms with Gasteiger partial charge in [0.15, 0.2) is 11.9 Å². The monoisotopic (exact) mass is 128 g/mol. The van der Waals surface area contributed by atoms with Crippen LogP contribution in [0.1, 0.15) is 6.92 Å². The van der Waals surface area contributed by atoms with E-state index >= 15 is 0 Å². The highest BCUT2D eigenvalue weighted by atomic mass is 16.5. The SMILES string of the molecule is C[C@@H]1OC=CC(=O)[C@H]1O. The maximum atomic E-state index is 10.6. The van der Waals surface area contributed by atoms with Gasteiger partial charge in [-0.05, 0) is 6.92 Å². The van der Waals surface area contributed by atoms with Crippen LogP contribution in [0.4, 0.5) is 0 Å². The first kappa shape index (κ1) is 6.29. The van der Waals surface area contributed by atoms with Crippen LogP contribution in [-0.2, 0) is 9.53 Å². The lowest BCUT2D eigenvalue weighted by atomic mass is 10.1. The number of aliphatic hydroxyl groups is 1. The number of hydrogen-bond donors (Lipinski definition) is 1. The van der Waals surface area contributed by atoms with Gasteiger partial charge in [0, 0.05) is 6.08 Å². The molecule has 1 heterocycles. The molecule has 0 saturated heterocycles. The Kier molecular flexibility index (Phi) is 1.53. The Morgan fingerprint density at radius 3 is 2.89 bits per heavy atom. The second kappa shape index (κ2) is 2.19. The Morgan fingerprint density at radius 2 is 2.44 bits per heavy atom. The number of carbonyl (C=O) groups excluding carboxylic acids is 1. The first-order chi connectivity index (χ1) is 4.22. The number of carbonyl (C=O) groups is 1. The third kappa shape index (κ3) is 1.10. The highest BCUT2D eigenvalue weighted by Crippen LogP contribution is 2.06. The highest BCUT2D eigenvalue weighted by Gasteiger charge is 2.23. The van der Waals surface area contributed by atoms with Crippen LogP contribution in [0, 0.1) is 0 Å². The molecular weight excluding hydrogens is 120 g/mol. The third-order valence-electron chi connectivity index (χ3n) is 1.26. The van der Waals surface area contributed by atoms with Gasteiger partial charge in [0.05, 0.1) is 6.26 Å². The van der Waals surface area contributed by atoms with Gasteiger partial charge in [0.1, 0.15) is 6.10 Å². The van der Waals surface area contributed by atoms with Gasteiger partial charge in [-0.2, -0.15) is 0 Å². The van der Waals surface area contributed by atoms with Crippen molar-refractivity contribution in [1.82, 2.24) is 0 Å². The quantitative estimate of drug-likeness (QED) is 0.493. The summed E-state index contributed by atoms with van der Waals surface area (Å²) >= 11 is 0. The van der Waals surface area contributed by atoms with E-state index in [1.807, 2.05) is 0 Å². The zero-order valence-electron chi connectivity index (χ0n) is 5.07. The van der Waals surface area contributed by atoms with E-state index in [9.17, 15) is 4.79 Å². The van der Waals surface area contributed by atoms with E-state index in [1.165, 1.54) is 12.3 Å². The lowest BCUT2D eigenvalue weighted by molar-refractivity contribution is -0.129. The van der Waals surface area contributed by atoms with E-state index in [4.69, 9.17) is 9.84 Å². The molecule has 1 N–H and O–H groups in total.